The van der Waals surface area contributed by atoms with Crippen molar-refractivity contribution >= 4 is 11.8 Å². The highest BCUT2D eigenvalue weighted by molar-refractivity contribution is 6.35. The van der Waals surface area contributed by atoms with Crippen LogP contribution in [0, 0.1) is 0 Å². The zero-order valence-corrected chi connectivity index (χ0v) is 11.4. The number of hydrogen-bond acceptors (Lipinski definition) is 5. The third-order valence-electron chi connectivity index (χ3n) is 2.54. The van der Waals surface area contributed by atoms with Gasteiger partial charge in [0.2, 0.25) is 0 Å². The van der Waals surface area contributed by atoms with E-state index in [0.29, 0.717) is 19.1 Å². The molecule has 0 atom stereocenters. The molecule has 0 saturated carbocycles. The summed E-state index contributed by atoms with van der Waals surface area (Å²) in [4.78, 5) is 9.19. The van der Waals surface area contributed by atoms with E-state index in [4.69, 9.17) is 14.3 Å². The lowest BCUT2D eigenvalue weighted by molar-refractivity contribution is 0.187. The molecular weight excluding hydrogens is 244 g/mol. The van der Waals surface area contributed by atoms with Crippen molar-refractivity contribution in [3.8, 4) is 0 Å². The number of rotatable bonds is 4. The quantitative estimate of drug-likeness (QED) is 0.475. The lowest BCUT2D eigenvalue weighted by Crippen LogP contribution is -2.18. The Morgan fingerprint density at radius 2 is 2.11 bits per heavy atom. The summed E-state index contributed by atoms with van der Waals surface area (Å²) >= 11 is 0. The third-order valence-corrected chi connectivity index (χ3v) is 2.54. The third kappa shape index (κ3) is 3.71. The summed E-state index contributed by atoms with van der Waals surface area (Å²) in [7, 11) is 1.46. The van der Waals surface area contributed by atoms with Crippen LogP contribution in [0.4, 0.5) is 0 Å². The van der Waals surface area contributed by atoms with Gasteiger partial charge in [-0.05, 0) is 24.6 Å². The fraction of sp³-hybridized carbons (Fsp3) is 0.429. The lowest BCUT2D eigenvalue weighted by Gasteiger charge is -2.08. The summed E-state index contributed by atoms with van der Waals surface area (Å²) in [5, 5.41) is 3.83. The molecule has 0 spiro atoms. The Morgan fingerprint density at radius 3 is 2.68 bits per heavy atom. The van der Waals surface area contributed by atoms with E-state index in [9.17, 15) is 0 Å². The van der Waals surface area contributed by atoms with E-state index in [1.807, 2.05) is 44.2 Å². The maximum absolute atomic E-state index is 5.62. The molecule has 0 amide bonds. The van der Waals surface area contributed by atoms with Gasteiger partial charge in [0.25, 0.3) is 5.90 Å². The molecule has 1 aliphatic heterocycles. The van der Waals surface area contributed by atoms with Crippen molar-refractivity contribution in [2.75, 3.05) is 13.7 Å². The van der Waals surface area contributed by atoms with Crippen molar-refractivity contribution in [1.82, 2.24) is 0 Å². The monoisotopic (exact) mass is 262 g/mol. The van der Waals surface area contributed by atoms with E-state index in [0.717, 1.165) is 5.56 Å². The van der Waals surface area contributed by atoms with Crippen molar-refractivity contribution in [1.29, 1.82) is 0 Å². The SMILES string of the molecule is CO/N=C(\OCc1ccccc1)C1=NC(C)(C)CO1. The standard InChI is InChI=1S/C14H18N2O3/c1-14(2)10-19-12(15-14)13(16-17-3)18-9-11-7-5-4-6-8-11/h4-8H,9-10H2,1-3H3/b16-13-. The molecule has 0 aliphatic carbocycles. The van der Waals surface area contributed by atoms with E-state index in [1.165, 1.54) is 7.11 Å². The highest BCUT2D eigenvalue weighted by Gasteiger charge is 2.30. The van der Waals surface area contributed by atoms with E-state index < -0.39 is 0 Å². The van der Waals surface area contributed by atoms with Crippen LogP contribution in [-0.4, -0.2) is 31.1 Å². The minimum Gasteiger partial charge on any atom is -0.471 e. The molecule has 0 unspecified atom stereocenters. The van der Waals surface area contributed by atoms with Gasteiger partial charge < -0.3 is 14.3 Å². The molecule has 0 bridgehead atoms. The Morgan fingerprint density at radius 1 is 1.37 bits per heavy atom. The molecule has 102 valence electrons. The van der Waals surface area contributed by atoms with Crippen molar-refractivity contribution < 1.29 is 14.3 Å². The summed E-state index contributed by atoms with van der Waals surface area (Å²) in [6, 6.07) is 9.83. The molecule has 5 heteroatoms. The first-order chi connectivity index (χ1) is 9.11. The van der Waals surface area contributed by atoms with Crippen LogP contribution in [0.3, 0.4) is 0 Å². The van der Waals surface area contributed by atoms with Crippen LogP contribution in [0.15, 0.2) is 40.5 Å². The Bertz CT molecular complexity index is 481. The fourth-order valence-corrected chi connectivity index (χ4v) is 1.63. The molecule has 0 saturated heterocycles. The first-order valence-corrected chi connectivity index (χ1v) is 6.12. The molecule has 0 aromatic heterocycles. The van der Waals surface area contributed by atoms with Gasteiger partial charge in [-0.2, -0.15) is 0 Å². The minimum absolute atomic E-state index is 0.250. The largest absolute Gasteiger partial charge is 0.471 e. The zero-order valence-electron chi connectivity index (χ0n) is 11.4. The molecule has 1 heterocycles. The van der Waals surface area contributed by atoms with Gasteiger partial charge >= 0.3 is 5.90 Å². The number of oxime groups is 1. The summed E-state index contributed by atoms with van der Waals surface area (Å²) < 4.78 is 11.1. The van der Waals surface area contributed by atoms with Crippen molar-refractivity contribution in [3.63, 3.8) is 0 Å². The highest BCUT2D eigenvalue weighted by atomic mass is 16.6. The molecule has 0 radical (unpaired) electrons. The number of hydrogen-bond donors (Lipinski definition) is 0. The predicted molar refractivity (Wildman–Crippen MR) is 73.1 cm³/mol. The first kappa shape index (κ1) is 13.4. The average molecular weight is 262 g/mol. The molecule has 0 N–H and O–H groups in total. The minimum atomic E-state index is -0.250. The van der Waals surface area contributed by atoms with Crippen molar-refractivity contribution in [2.24, 2.45) is 10.1 Å². The second-order valence-electron chi connectivity index (χ2n) is 4.87. The van der Waals surface area contributed by atoms with Gasteiger partial charge in [-0.3, -0.25) is 0 Å². The molecule has 19 heavy (non-hydrogen) atoms. The summed E-state index contributed by atoms with van der Waals surface area (Å²) in [6.45, 7) is 4.88. The van der Waals surface area contributed by atoms with Gasteiger partial charge in [-0.15, -0.1) is 0 Å². The Hall–Kier alpha value is -2.04. The fourth-order valence-electron chi connectivity index (χ4n) is 1.63. The smallest absolute Gasteiger partial charge is 0.313 e. The second-order valence-corrected chi connectivity index (χ2v) is 4.87. The van der Waals surface area contributed by atoms with E-state index in [2.05, 4.69) is 10.1 Å². The van der Waals surface area contributed by atoms with Gasteiger partial charge in [-0.1, -0.05) is 30.3 Å². The number of benzene rings is 1. The average Bonchev–Trinajstić information content (AvgIpc) is 2.76. The molecular formula is C14H18N2O3. The predicted octanol–water partition coefficient (Wildman–Crippen LogP) is 2.37. The Labute approximate surface area is 112 Å². The molecule has 5 nitrogen and oxygen atoms in total. The van der Waals surface area contributed by atoms with Crippen LogP contribution in [0.1, 0.15) is 19.4 Å². The number of ether oxygens (including phenoxy) is 2. The van der Waals surface area contributed by atoms with Gasteiger partial charge in [0, 0.05) is 0 Å². The van der Waals surface area contributed by atoms with Crippen molar-refractivity contribution in [3.05, 3.63) is 35.9 Å². The van der Waals surface area contributed by atoms with Crippen LogP contribution >= 0.6 is 0 Å². The Kier molecular flexibility index (Phi) is 4.04. The number of aliphatic imine (C=N–C) groups is 1. The maximum atomic E-state index is 5.62. The summed E-state index contributed by atoms with van der Waals surface area (Å²) in [5.41, 5.74) is 0.795. The Balaban J connectivity index is 2.04. The van der Waals surface area contributed by atoms with Crippen molar-refractivity contribution in [2.45, 2.75) is 26.0 Å². The molecule has 1 aromatic rings. The van der Waals surface area contributed by atoms with Gasteiger partial charge in [0.15, 0.2) is 0 Å². The normalized spacial score (nSPS) is 17.6. The zero-order chi connectivity index (χ0) is 13.7. The molecule has 0 fully saturated rings. The lowest BCUT2D eigenvalue weighted by atomic mass is 10.1. The van der Waals surface area contributed by atoms with Crippen LogP contribution in [0.25, 0.3) is 0 Å². The van der Waals surface area contributed by atoms with E-state index in [-0.39, 0.29) is 11.4 Å². The first-order valence-electron chi connectivity index (χ1n) is 6.12. The van der Waals surface area contributed by atoms with Crippen LogP contribution in [-0.2, 0) is 20.9 Å². The van der Waals surface area contributed by atoms with Crippen LogP contribution in [0.2, 0.25) is 0 Å². The summed E-state index contributed by atoms with van der Waals surface area (Å²) in [6.07, 6.45) is 0. The number of nitrogens with zero attached hydrogens (tertiary/aromatic N) is 2. The second kappa shape index (κ2) is 5.73. The van der Waals surface area contributed by atoms with Crippen LogP contribution in [0.5, 0.6) is 0 Å². The molecule has 1 aromatic carbocycles. The van der Waals surface area contributed by atoms with Gasteiger partial charge in [-0.25, -0.2) is 4.99 Å². The van der Waals surface area contributed by atoms with Crippen LogP contribution < -0.4 is 0 Å². The van der Waals surface area contributed by atoms with E-state index in [1.54, 1.807) is 0 Å². The van der Waals surface area contributed by atoms with Gasteiger partial charge in [0.05, 0.1) is 5.54 Å². The molecule has 1 aliphatic rings. The summed E-state index contributed by atoms with van der Waals surface area (Å²) in [5.74, 6) is 0.666. The van der Waals surface area contributed by atoms with Gasteiger partial charge in [0.1, 0.15) is 20.3 Å². The highest BCUT2D eigenvalue weighted by Crippen LogP contribution is 2.18. The maximum Gasteiger partial charge on any atom is 0.313 e. The topological polar surface area (TPSA) is 52.4 Å². The van der Waals surface area contributed by atoms with E-state index >= 15 is 0 Å². The molecule has 2 rings (SSSR count).